The molecule has 130 valence electrons. The molecule has 1 fully saturated rings. The number of aryl methyl sites for hydroxylation is 1. The van der Waals surface area contributed by atoms with Crippen LogP contribution in [-0.2, 0) is 16.3 Å². The van der Waals surface area contributed by atoms with E-state index in [2.05, 4.69) is 46.8 Å². The fourth-order valence-electron chi connectivity index (χ4n) is 2.47. The van der Waals surface area contributed by atoms with Crippen LogP contribution < -0.4 is 10.6 Å². The molecule has 2 rings (SSSR count). The molecule has 0 saturated carbocycles. The van der Waals surface area contributed by atoms with Gasteiger partial charge in [-0.05, 0) is 32.3 Å². The smallest absolute Gasteiger partial charge is 0.191 e. The summed E-state index contributed by atoms with van der Waals surface area (Å²) in [4.78, 5) is 4.54. The minimum atomic E-state index is -2.87. The van der Waals surface area contributed by atoms with Crippen LogP contribution in [0.2, 0.25) is 0 Å². The Morgan fingerprint density at radius 2 is 2.00 bits per heavy atom. The van der Waals surface area contributed by atoms with Gasteiger partial charge in [0.25, 0.3) is 0 Å². The number of guanidine groups is 1. The molecule has 1 heterocycles. The summed E-state index contributed by atoms with van der Waals surface area (Å²) in [5.41, 5.74) is 2.51. The van der Waals surface area contributed by atoms with Gasteiger partial charge in [-0.25, -0.2) is 8.42 Å². The van der Waals surface area contributed by atoms with Crippen molar-refractivity contribution >= 4 is 39.8 Å². The molecule has 1 aliphatic rings. The van der Waals surface area contributed by atoms with Gasteiger partial charge >= 0.3 is 0 Å². The summed E-state index contributed by atoms with van der Waals surface area (Å²) in [6, 6.07) is 8.42. The molecular formula is C16H26IN3O2S. The molecule has 1 atom stereocenters. The Morgan fingerprint density at radius 3 is 2.57 bits per heavy atom. The van der Waals surface area contributed by atoms with Crippen molar-refractivity contribution in [2.75, 3.05) is 24.6 Å². The van der Waals surface area contributed by atoms with Crippen molar-refractivity contribution in [2.45, 2.75) is 32.7 Å². The Bertz CT molecular complexity index is 615. The predicted octanol–water partition coefficient (Wildman–Crippen LogP) is 1.90. The summed E-state index contributed by atoms with van der Waals surface area (Å²) in [5.74, 6) is 1.18. The number of nitrogens with one attached hydrogen (secondary N) is 2. The monoisotopic (exact) mass is 451 g/mol. The van der Waals surface area contributed by atoms with E-state index in [1.807, 2.05) is 6.92 Å². The van der Waals surface area contributed by atoms with Crippen LogP contribution in [0.25, 0.3) is 0 Å². The van der Waals surface area contributed by atoms with Gasteiger partial charge in [0.2, 0.25) is 0 Å². The molecule has 0 aromatic heterocycles. The highest BCUT2D eigenvalue weighted by atomic mass is 127. The number of aliphatic imine (C=N–C) groups is 1. The van der Waals surface area contributed by atoms with Crippen molar-refractivity contribution in [1.82, 2.24) is 10.6 Å². The number of nitrogens with zero attached hydrogens (tertiary/aromatic N) is 1. The first-order valence-corrected chi connectivity index (χ1v) is 9.61. The first kappa shape index (κ1) is 20.2. The Labute approximate surface area is 156 Å². The highest BCUT2D eigenvalue weighted by Crippen LogP contribution is 2.11. The normalized spacial score (nSPS) is 19.9. The number of sulfone groups is 1. The first-order chi connectivity index (χ1) is 10.5. The molecule has 1 aliphatic heterocycles. The highest BCUT2D eigenvalue weighted by Gasteiger charge is 2.28. The molecule has 0 radical (unpaired) electrons. The lowest BCUT2D eigenvalue weighted by Crippen LogP contribution is -2.44. The maximum Gasteiger partial charge on any atom is 0.191 e. The van der Waals surface area contributed by atoms with E-state index in [4.69, 9.17) is 0 Å². The Hall–Kier alpha value is -0.830. The maximum atomic E-state index is 11.5. The third kappa shape index (κ3) is 7.07. The van der Waals surface area contributed by atoms with Crippen LogP contribution in [0.4, 0.5) is 0 Å². The fourth-order valence-corrected chi connectivity index (χ4v) is 4.15. The molecule has 0 amide bonds. The zero-order valence-electron chi connectivity index (χ0n) is 13.7. The minimum absolute atomic E-state index is 0. The van der Waals surface area contributed by atoms with Gasteiger partial charge in [-0.1, -0.05) is 29.8 Å². The van der Waals surface area contributed by atoms with E-state index >= 15 is 0 Å². The predicted molar refractivity (Wildman–Crippen MR) is 106 cm³/mol. The second kappa shape index (κ2) is 9.46. The fraction of sp³-hybridized carbons (Fsp3) is 0.562. The lowest BCUT2D eigenvalue weighted by molar-refractivity contribution is 0.599. The van der Waals surface area contributed by atoms with Gasteiger partial charge in [-0.2, -0.15) is 0 Å². The molecule has 1 unspecified atom stereocenters. The van der Waals surface area contributed by atoms with E-state index < -0.39 is 9.84 Å². The second-order valence-corrected chi connectivity index (χ2v) is 7.97. The van der Waals surface area contributed by atoms with Crippen LogP contribution >= 0.6 is 24.0 Å². The molecular weight excluding hydrogens is 425 g/mol. The van der Waals surface area contributed by atoms with Crippen molar-refractivity contribution in [3.63, 3.8) is 0 Å². The van der Waals surface area contributed by atoms with Crippen LogP contribution in [0.1, 0.15) is 24.5 Å². The largest absolute Gasteiger partial charge is 0.357 e. The molecule has 7 heteroatoms. The van der Waals surface area contributed by atoms with E-state index in [9.17, 15) is 8.42 Å². The molecule has 0 spiro atoms. The van der Waals surface area contributed by atoms with Gasteiger partial charge in [0, 0.05) is 19.1 Å². The van der Waals surface area contributed by atoms with Gasteiger partial charge < -0.3 is 10.6 Å². The van der Waals surface area contributed by atoms with Gasteiger partial charge in [-0.15, -0.1) is 24.0 Å². The number of benzene rings is 1. The number of hydrogen-bond donors (Lipinski definition) is 2. The highest BCUT2D eigenvalue weighted by molar-refractivity contribution is 14.0. The Balaban J connectivity index is 0.00000264. The zero-order valence-corrected chi connectivity index (χ0v) is 16.9. The number of hydrogen-bond acceptors (Lipinski definition) is 3. The SMILES string of the molecule is CCNC(=NCCc1ccc(C)cc1)NC1CCS(=O)(=O)C1.I. The summed E-state index contributed by atoms with van der Waals surface area (Å²) < 4.78 is 23.0. The standard InChI is InChI=1S/C16H25N3O2S.HI/c1-3-17-16(19-15-9-11-22(20,21)12-15)18-10-8-14-6-4-13(2)5-7-14;/h4-7,15H,3,8-12H2,1-2H3,(H2,17,18,19);1H. The minimum Gasteiger partial charge on any atom is -0.357 e. The van der Waals surface area contributed by atoms with Crippen LogP contribution in [0.15, 0.2) is 29.3 Å². The molecule has 1 aromatic carbocycles. The number of rotatable bonds is 5. The lowest BCUT2D eigenvalue weighted by Gasteiger charge is -2.15. The van der Waals surface area contributed by atoms with Crippen LogP contribution in [0, 0.1) is 6.92 Å². The van der Waals surface area contributed by atoms with Gasteiger partial charge in [0.1, 0.15) is 0 Å². The van der Waals surface area contributed by atoms with Crippen molar-refractivity contribution in [3.05, 3.63) is 35.4 Å². The average molecular weight is 451 g/mol. The molecule has 2 N–H and O–H groups in total. The van der Waals surface area contributed by atoms with E-state index in [1.54, 1.807) is 0 Å². The summed E-state index contributed by atoms with van der Waals surface area (Å²) in [6.45, 7) is 5.51. The average Bonchev–Trinajstić information content (AvgIpc) is 2.80. The lowest BCUT2D eigenvalue weighted by atomic mass is 10.1. The van der Waals surface area contributed by atoms with E-state index in [0.29, 0.717) is 18.9 Å². The molecule has 0 bridgehead atoms. The summed E-state index contributed by atoms with van der Waals surface area (Å²) in [7, 11) is -2.87. The van der Waals surface area contributed by atoms with E-state index in [-0.39, 0.29) is 41.5 Å². The van der Waals surface area contributed by atoms with Crippen molar-refractivity contribution in [2.24, 2.45) is 4.99 Å². The third-order valence-electron chi connectivity index (χ3n) is 3.71. The zero-order chi connectivity index (χ0) is 16.0. The van der Waals surface area contributed by atoms with Crippen LogP contribution in [0.5, 0.6) is 0 Å². The Morgan fingerprint density at radius 1 is 1.30 bits per heavy atom. The number of halogens is 1. The summed E-state index contributed by atoms with van der Waals surface area (Å²) >= 11 is 0. The van der Waals surface area contributed by atoms with Crippen molar-refractivity contribution in [1.29, 1.82) is 0 Å². The molecule has 1 aromatic rings. The van der Waals surface area contributed by atoms with Crippen molar-refractivity contribution in [3.8, 4) is 0 Å². The van der Waals surface area contributed by atoms with Gasteiger partial charge in [0.05, 0.1) is 11.5 Å². The second-order valence-electron chi connectivity index (χ2n) is 5.74. The molecule has 0 aliphatic carbocycles. The Kier molecular flexibility index (Phi) is 8.32. The quantitative estimate of drug-likeness (QED) is 0.408. The summed E-state index contributed by atoms with van der Waals surface area (Å²) in [6.07, 6.45) is 1.53. The van der Waals surface area contributed by atoms with E-state index in [0.717, 1.165) is 13.0 Å². The van der Waals surface area contributed by atoms with Gasteiger partial charge in [0.15, 0.2) is 15.8 Å². The maximum absolute atomic E-state index is 11.5. The topological polar surface area (TPSA) is 70.6 Å². The van der Waals surface area contributed by atoms with Crippen molar-refractivity contribution < 1.29 is 8.42 Å². The molecule has 23 heavy (non-hydrogen) atoms. The van der Waals surface area contributed by atoms with Gasteiger partial charge in [-0.3, -0.25) is 4.99 Å². The summed E-state index contributed by atoms with van der Waals surface area (Å²) in [5, 5.41) is 6.40. The van der Waals surface area contributed by atoms with Crippen LogP contribution in [-0.4, -0.2) is 45.0 Å². The first-order valence-electron chi connectivity index (χ1n) is 7.79. The third-order valence-corrected chi connectivity index (χ3v) is 5.48. The van der Waals surface area contributed by atoms with E-state index in [1.165, 1.54) is 11.1 Å². The molecule has 1 saturated heterocycles. The van der Waals surface area contributed by atoms with Crippen LogP contribution in [0.3, 0.4) is 0 Å². The molecule has 5 nitrogen and oxygen atoms in total.